The maximum Gasteiger partial charge on any atom is 0.311 e. The van der Waals surface area contributed by atoms with Crippen molar-refractivity contribution >= 4 is 34.8 Å². The van der Waals surface area contributed by atoms with Crippen molar-refractivity contribution in [1.29, 1.82) is 0 Å². The van der Waals surface area contributed by atoms with Crippen LogP contribution in [0.25, 0.3) is 0 Å². The van der Waals surface area contributed by atoms with Gasteiger partial charge in [0.15, 0.2) is 6.61 Å². The zero-order chi connectivity index (χ0) is 22.5. The van der Waals surface area contributed by atoms with Gasteiger partial charge >= 0.3 is 5.97 Å². The lowest BCUT2D eigenvalue weighted by Gasteiger charge is -2.16. The van der Waals surface area contributed by atoms with E-state index in [-0.39, 0.29) is 24.6 Å². The van der Waals surface area contributed by atoms with Crippen LogP contribution in [0.2, 0.25) is 0 Å². The van der Waals surface area contributed by atoms with Crippen LogP contribution >= 0.6 is 0 Å². The van der Waals surface area contributed by atoms with Gasteiger partial charge in [0.2, 0.25) is 5.91 Å². The van der Waals surface area contributed by atoms with E-state index in [9.17, 15) is 24.5 Å². The van der Waals surface area contributed by atoms with E-state index >= 15 is 0 Å². The summed E-state index contributed by atoms with van der Waals surface area (Å²) in [6, 6.07) is 11.1. The van der Waals surface area contributed by atoms with Crippen molar-refractivity contribution < 1.29 is 28.8 Å². The lowest BCUT2D eigenvalue weighted by atomic mass is 10.1. The van der Waals surface area contributed by atoms with Gasteiger partial charge in [0.25, 0.3) is 11.6 Å². The molecule has 0 spiro atoms. The van der Waals surface area contributed by atoms with Crippen molar-refractivity contribution in [3.63, 3.8) is 0 Å². The van der Waals surface area contributed by atoms with Gasteiger partial charge in [0, 0.05) is 30.3 Å². The van der Waals surface area contributed by atoms with Gasteiger partial charge in [-0.25, -0.2) is 0 Å². The van der Waals surface area contributed by atoms with Crippen LogP contribution in [0.5, 0.6) is 5.75 Å². The molecule has 0 bridgehead atoms. The summed E-state index contributed by atoms with van der Waals surface area (Å²) >= 11 is 0. The highest BCUT2D eigenvalue weighted by Gasteiger charge is 2.37. The number of amides is 2. The fourth-order valence-electron chi connectivity index (χ4n) is 3.20. The second kappa shape index (κ2) is 9.24. The number of rotatable bonds is 7. The molecule has 10 nitrogen and oxygen atoms in total. The molecule has 1 N–H and O–H groups in total. The number of nitro groups is 1. The summed E-state index contributed by atoms with van der Waals surface area (Å²) in [5, 5.41) is 13.7. The number of nitro benzene ring substituents is 1. The van der Waals surface area contributed by atoms with Crippen LogP contribution in [0.15, 0.2) is 42.5 Å². The first-order chi connectivity index (χ1) is 14.8. The Hall–Kier alpha value is -3.95. The Kier molecular flexibility index (Phi) is 6.49. The third-order valence-corrected chi connectivity index (χ3v) is 4.88. The highest BCUT2D eigenvalue weighted by molar-refractivity contribution is 6.00. The maximum absolute atomic E-state index is 12.3. The predicted octanol–water partition coefficient (Wildman–Crippen LogP) is 2.45. The summed E-state index contributed by atoms with van der Waals surface area (Å²) in [7, 11) is 1.53. The van der Waals surface area contributed by atoms with Gasteiger partial charge in [-0.1, -0.05) is 6.07 Å². The Balaban J connectivity index is 1.55. The SMILES string of the molecule is COc1ccc(NC(=O)COC(=O)[C@H]2CC(=O)N(c3ccc(C)c([N+](=O)[O-])c3)C2)cc1. The maximum atomic E-state index is 12.3. The molecule has 31 heavy (non-hydrogen) atoms. The van der Waals surface area contributed by atoms with Gasteiger partial charge in [-0.3, -0.25) is 24.5 Å². The lowest BCUT2D eigenvalue weighted by molar-refractivity contribution is -0.385. The molecule has 1 saturated heterocycles. The highest BCUT2D eigenvalue weighted by atomic mass is 16.6. The van der Waals surface area contributed by atoms with E-state index in [1.807, 2.05) is 0 Å². The van der Waals surface area contributed by atoms with Crippen LogP contribution in [0.4, 0.5) is 17.1 Å². The second-order valence-corrected chi connectivity index (χ2v) is 7.02. The van der Waals surface area contributed by atoms with Gasteiger partial charge in [-0.05, 0) is 37.3 Å². The van der Waals surface area contributed by atoms with Gasteiger partial charge in [0.05, 0.1) is 23.6 Å². The topological polar surface area (TPSA) is 128 Å². The number of carbonyl (C=O) groups excluding carboxylic acids is 3. The van der Waals surface area contributed by atoms with Crippen LogP contribution < -0.4 is 15.0 Å². The molecule has 3 rings (SSSR count). The quantitative estimate of drug-likeness (QED) is 0.408. The summed E-state index contributed by atoms with van der Waals surface area (Å²) in [6.45, 7) is 1.13. The van der Waals surface area contributed by atoms with Gasteiger partial charge in [0.1, 0.15) is 5.75 Å². The summed E-state index contributed by atoms with van der Waals surface area (Å²) in [5.74, 6) is -1.67. The molecule has 1 aliphatic heterocycles. The van der Waals surface area contributed by atoms with E-state index in [4.69, 9.17) is 9.47 Å². The molecule has 2 aromatic carbocycles. The van der Waals surface area contributed by atoms with Crippen LogP contribution in [0, 0.1) is 23.0 Å². The first-order valence-electron chi connectivity index (χ1n) is 9.44. The molecular weight excluding hydrogens is 406 g/mol. The number of methoxy groups -OCH3 is 1. The smallest absolute Gasteiger partial charge is 0.311 e. The summed E-state index contributed by atoms with van der Waals surface area (Å²) in [5.41, 5.74) is 1.23. The Bertz CT molecular complexity index is 1020. The molecule has 162 valence electrons. The zero-order valence-corrected chi connectivity index (χ0v) is 17.0. The Morgan fingerprint density at radius 2 is 1.94 bits per heavy atom. The number of anilines is 2. The monoisotopic (exact) mass is 427 g/mol. The molecule has 1 fully saturated rings. The molecule has 2 amide bonds. The van der Waals surface area contributed by atoms with Crippen LogP contribution in [0.1, 0.15) is 12.0 Å². The minimum atomic E-state index is -0.762. The number of benzene rings is 2. The average Bonchev–Trinajstić information content (AvgIpc) is 3.14. The van der Waals surface area contributed by atoms with Gasteiger partial charge in [-0.2, -0.15) is 0 Å². The molecule has 0 saturated carbocycles. The molecule has 2 aromatic rings. The van der Waals surface area contributed by atoms with Crippen molar-refractivity contribution in [2.75, 3.05) is 30.5 Å². The van der Waals surface area contributed by atoms with E-state index in [2.05, 4.69) is 5.32 Å². The van der Waals surface area contributed by atoms with E-state index in [0.717, 1.165) is 0 Å². The van der Waals surface area contributed by atoms with Gasteiger partial charge in [-0.15, -0.1) is 0 Å². The molecule has 0 aromatic heterocycles. The van der Waals surface area contributed by atoms with Crippen molar-refractivity contribution in [2.45, 2.75) is 13.3 Å². The second-order valence-electron chi connectivity index (χ2n) is 7.02. The van der Waals surface area contributed by atoms with Crippen molar-refractivity contribution in [3.8, 4) is 5.75 Å². The number of nitrogens with one attached hydrogen (secondary N) is 1. The highest BCUT2D eigenvalue weighted by Crippen LogP contribution is 2.30. The Morgan fingerprint density at radius 1 is 1.23 bits per heavy atom. The molecule has 0 radical (unpaired) electrons. The van der Waals surface area contributed by atoms with Crippen LogP contribution in [-0.4, -0.2) is 43.0 Å². The average molecular weight is 427 g/mol. The first-order valence-corrected chi connectivity index (χ1v) is 9.44. The first kappa shape index (κ1) is 21.8. The van der Waals surface area contributed by atoms with Crippen molar-refractivity contribution in [1.82, 2.24) is 0 Å². The van der Waals surface area contributed by atoms with Gasteiger partial charge < -0.3 is 19.7 Å². The van der Waals surface area contributed by atoms with E-state index in [1.54, 1.807) is 43.3 Å². The molecule has 0 aliphatic carbocycles. The van der Waals surface area contributed by atoms with Crippen molar-refractivity contribution in [3.05, 3.63) is 58.1 Å². The molecule has 1 heterocycles. The normalized spacial score (nSPS) is 15.5. The number of ether oxygens (including phenoxy) is 2. The Morgan fingerprint density at radius 3 is 2.58 bits per heavy atom. The van der Waals surface area contributed by atoms with E-state index < -0.39 is 29.3 Å². The standard InChI is InChI=1S/C21H21N3O7/c1-13-3-6-16(10-18(13)24(28)29)23-11-14(9-20(23)26)21(27)31-12-19(25)22-15-4-7-17(30-2)8-5-15/h3-8,10,14H,9,11-12H2,1-2H3,(H,22,25)/t14-/m0/s1. The minimum absolute atomic E-state index is 0.0258. The molecular formula is C21H21N3O7. The fourth-order valence-corrected chi connectivity index (χ4v) is 3.20. The van der Waals surface area contributed by atoms with Crippen molar-refractivity contribution in [2.24, 2.45) is 5.92 Å². The third kappa shape index (κ3) is 5.16. The summed E-state index contributed by atoms with van der Waals surface area (Å²) in [4.78, 5) is 48.6. The predicted molar refractivity (Wildman–Crippen MR) is 111 cm³/mol. The summed E-state index contributed by atoms with van der Waals surface area (Å²) in [6.07, 6.45) is -0.0966. The molecule has 10 heteroatoms. The minimum Gasteiger partial charge on any atom is -0.497 e. The number of esters is 1. The fraction of sp³-hybridized carbons (Fsp3) is 0.286. The Labute approximate surface area is 177 Å². The molecule has 1 aliphatic rings. The lowest BCUT2D eigenvalue weighted by Crippen LogP contribution is -2.28. The summed E-state index contributed by atoms with van der Waals surface area (Å²) < 4.78 is 10.1. The third-order valence-electron chi connectivity index (χ3n) is 4.88. The van der Waals surface area contributed by atoms with E-state index in [1.165, 1.54) is 18.1 Å². The number of aryl methyl sites for hydroxylation is 1. The largest absolute Gasteiger partial charge is 0.497 e. The molecule has 1 atom stereocenters. The van der Waals surface area contributed by atoms with Crippen LogP contribution in [-0.2, 0) is 19.1 Å². The van der Waals surface area contributed by atoms with Crippen LogP contribution in [0.3, 0.4) is 0 Å². The number of carbonyl (C=O) groups is 3. The van der Waals surface area contributed by atoms with E-state index in [0.29, 0.717) is 22.7 Å². The number of hydrogen-bond acceptors (Lipinski definition) is 7. The molecule has 0 unspecified atom stereocenters. The number of hydrogen-bond donors (Lipinski definition) is 1. The number of nitrogens with zero attached hydrogens (tertiary/aromatic N) is 2. The zero-order valence-electron chi connectivity index (χ0n) is 17.0.